The monoisotopic (exact) mass is 276 g/mol. The van der Waals surface area contributed by atoms with Gasteiger partial charge in [0, 0.05) is 11.3 Å². The lowest BCUT2D eigenvalue weighted by Crippen LogP contribution is -2.22. The summed E-state index contributed by atoms with van der Waals surface area (Å²) < 4.78 is 26.7. The molecule has 0 saturated carbocycles. The number of anilines is 2. The smallest absolute Gasteiger partial charge is 0.243 e. The summed E-state index contributed by atoms with van der Waals surface area (Å²) in [5, 5.41) is 5.26. The van der Waals surface area contributed by atoms with Gasteiger partial charge in [-0.25, -0.2) is 8.78 Å². The number of carbonyl (C=O) groups is 1. The van der Waals surface area contributed by atoms with E-state index in [1.807, 2.05) is 0 Å². The van der Waals surface area contributed by atoms with E-state index in [0.717, 1.165) is 0 Å². The van der Waals surface area contributed by atoms with Crippen molar-refractivity contribution in [1.29, 1.82) is 0 Å². The molecule has 2 N–H and O–H groups in total. The van der Waals surface area contributed by atoms with Gasteiger partial charge in [0.05, 0.1) is 12.2 Å². The third-order valence-corrected chi connectivity index (χ3v) is 2.86. The average Bonchev–Trinajstić information content (AvgIpc) is 2.43. The number of carbonyl (C=O) groups excluding carboxylic acids is 1. The van der Waals surface area contributed by atoms with Crippen LogP contribution in [0, 0.1) is 18.6 Å². The standard InChI is InChI=1S/C15H14F2N2O/c1-10-11(16)6-4-8-13(10)18-9-15(20)19-14-7-3-2-5-12(14)17/h2-8,18H,9H2,1H3,(H,19,20). The van der Waals surface area contributed by atoms with Gasteiger partial charge in [0.25, 0.3) is 0 Å². The van der Waals surface area contributed by atoms with Crippen LogP contribution in [0.15, 0.2) is 42.5 Å². The van der Waals surface area contributed by atoms with Gasteiger partial charge >= 0.3 is 0 Å². The Balaban J connectivity index is 1.96. The number of para-hydroxylation sites is 1. The van der Waals surface area contributed by atoms with Crippen molar-refractivity contribution in [2.45, 2.75) is 6.92 Å². The number of hydrogen-bond acceptors (Lipinski definition) is 2. The number of hydrogen-bond donors (Lipinski definition) is 2. The van der Waals surface area contributed by atoms with E-state index < -0.39 is 11.7 Å². The largest absolute Gasteiger partial charge is 0.376 e. The minimum absolute atomic E-state index is 0.0708. The third-order valence-electron chi connectivity index (χ3n) is 2.86. The van der Waals surface area contributed by atoms with Crippen molar-refractivity contribution < 1.29 is 13.6 Å². The summed E-state index contributed by atoms with van der Waals surface area (Å²) >= 11 is 0. The van der Waals surface area contributed by atoms with E-state index in [9.17, 15) is 13.6 Å². The molecule has 104 valence electrons. The summed E-state index contributed by atoms with van der Waals surface area (Å²) in [4.78, 5) is 11.7. The molecular weight excluding hydrogens is 262 g/mol. The average molecular weight is 276 g/mol. The molecule has 3 nitrogen and oxygen atoms in total. The van der Waals surface area contributed by atoms with Crippen LogP contribution in [0.25, 0.3) is 0 Å². The highest BCUT2D eigenvalue weighted by Gasteiger charge is 2.08. The first-order valence-electron chi connectivity index (χ1n) is 6.11. The van der Waals surface area contributed by atoms with Crippen molar-refractivity contribution in [1.82, 2.24) is 0 Å². The maximum atomic E-state index is 13.3. The number of benzene rings is 2. The lowest BCUT2D eigenvalue weighted by molar-refractivity contribution is -0.114. The van der Waals surface area contributed by atoms with E-state index in [-0.39, 0.29) is 18.0 Å². The Morgan fingerprint density at radius 1 is 1.00 bits per heavy atom. The molecule has 0 atom stereocenters. The summed E-state index contributed by atoms with van der Waals surface area (Å²) in [6.07, 6.45) is 0. The Labute approximate surface area is 115 Å². The van der Waals surface area contributed by atoms with E-state index in [1.165, 1.54) is 18.2 Å². The number of amides is 1. The minimum Gasteiger partial charge on any atom is -0.376 e. The topological polar surface area (TPSA) is 41.1 Å². The molecule has 2 aromatic carbocycles. The Bertz CT molecular complexity index is 629. The van der Waals surface area contributed by atoms with Gasteiger partial charge in [-0.15, -0.1) is 0 Å². The predicted molar refractivity (Wildman–Crippen MR) is 74.7 cm³/mol. The van der Waals surface area contributed by atoms with Gasteiger partial charge in [-0.3, -0.25) is 4.79 Å². The van der Waals surface area contributed by atoms with Crippen LogP contribution in [0.2, 0.25) is 0 Å². The van der Waals surface area contributed by atoms with E-state index in [2.05, 4.69) is 10.6 Å². The highest BCUT2D eigenvalue weighted by Crippen LogP contribution is 2.17. The van der Waals surface area contributed by atoms with Crippen LogP contribution < -0.4 is 10.6 Å². The van der Waals surface area contributed by atoms with E-state index in [1.54, 1.807) is 31.2 Å². The van der Waals surface area contributed by atoms with Gasteiger partial charge in [0.2, 0.25) is 5.91 Å². The van der Waals surface area contributed by atoms with Crippen molar-refractivity contribution in [2.75, 3.05) is 17.2 Å². The zero-order valence-corrected chi connectivity index (χ0v) is 10.9. The Hall–Kier alpha value is -2.43. The van der Waals surface area contributed by atoms with Crippen LogP contribution in [0.5, 0.6) is 0 Å². The molecule has 20 heavy (non-hydrogen) atoms. The fourth-order valence-corrected chi connectivity index (χ4v) is 1.73. The van der Waals surface area contributed by atoms with Gasteiger partial charge in [-0.2, -0.15) is 0 Å². The van der Waals surface area contributed by atoms with Crippen LogP contribution >= 0.6 is 0 Å². The molecule has 0 radical (unpaired) electrons. The van der Waals surface area contributed by atoms with Crippen LogP contribution in [0.3, 0.4) is 0 Å². The molecule has 0 aromatic heterocycles. The third kappa shape index (κ3) is 3.32. The number of halogens is 2. The molecule has 2 rings (SSSR count). The molecule has 0 spiro atoms. The molecule has 0 saturated heterocycles. The lowest BCUT2D eigenvalue weighted by atomic mass is 10.2. The second-order valence-corrected chi connectivity index (χ2v) is 4.29. The van der Waals surface area contributed by atoms with Gasteiger partial charge in [-0.05, 0) is 31.2 Å². The van der Waals surface area contributed by atoms with Crippen molar-refractivity contribution >= 4 is 17.3 Å². The fraction of sp³-hybridized carbons (Fsp3) is 0.133. The molecule has 0 aliphatic heterocycles. The summed E-state index contributed by atoms with van der Waals surface area (Å²) in [7, 11) is 0. The minimum atomic E-state index is -0.497. The van der Waals surface area contributed by atoms with Gasteiger partial charge in [-0.1, -0.05) is 18.2 Å². The molecule has 1 amide bonds. The zero-order valence-electron chi connectivity index (χ0n) is 10.9. The molecule has 0 unspecified atom stereocenters. The first-order valence-corrected chi connectivity index (χ1v) is 6.11. The molecule has 0 aliphatic carbocycles. The quantitative estimate of drug-likeness (QED) is 0.899. The van der Waals surface area contributed by atoms with E-state index in [0.29, 0.717) is 11.3 Å². The van der Waals surface area contributed by atoms with Crippen molar-refractivity contribution in [3.8, 4) is 0 Å². The molecule has 2 aromatic rings. The Kier molecular flexibility index (Phi) is 4.30. The number of rotatable bonds is 4. The molecule has 5 heteroatoms. The normalized spacial score (nSPS) is 10.2. The molecule has 0 heterocycles. The van der Waals surface area contributed by atoms with E-state index >= 15 is 0 Å². The predicted octanol–water partition coefficient (Wildman–Crippen LogP) is 3.32. The van der Waals surface area contributed by atoms with Crippen LogP contribution in [-0.4, -0.2) is 12.5 Å². The SMILES string of the molecule is Cc1c(F)cccc1NCC(=O)Nc1ccccc1F. The summed E-state index contributed by atoms with van der Waals surface area (Å²) in [5.41, 5.74) is 1.09. The van der Waals surface area contributed by atoms with Crippen LogP contribution in [-0.2, 0) is 4.79 Å². The second-order valence-electron chi connectivity index (χ2n) is 4.29. The van der Waals surface area contributed by atoms with Crippen molar-refractivity contribution in [3.05, 3.63) is 59.7 Å². The molecule has 0 bridgehead atoms. The van der Waals surface area contributed by atoms with Gasteiger partial charge in [0.15, 0.2) is 0 Å². The first-order chi connectivity index (χ1) is 9.58. The maximum Gasteiger partial charge on any atom is 0.243 e. The Morgan fingerprint density at radius 2 is 1.65 bits per heavy atom. The fourth-order valence-electron chi connectivity index (χ4n) is 1.73. The molecular formula is C15H14F2N2O. The Morgan fingerprint density at radius 3 is 2.40 bits per heavy atom. The summed E-state index contributed by atoms with van der Waals surface area (Å²) in [6.45, 7) is 1.55. The molecule has 0 fully saturated rings. The number of nitrogens with one attached hydrogen (secondary N) is 2. The van der Waals surface area contributed by atoms with Crippen LogP contribution in [0.1, 0.15) is 5.56 Å². The highest BCUT2D eigenvalue weighted by atomic mass is 19.1. The summed E-state index contributed by atoms with van der Waals surface area (Å²) in [5.74, 6) is -1.24. The highest BCUT2D eigenvalue weighted by molar-refractivity contribution is 5.93. The first kappa shape index (κ1) is 14.0. The lowest BCUT2D eigenvalue weighted by Gasteiger charge is -2.10. The van der Waals surface area contributed by atoms with Crippen LogP contribution in [0.4, 0.5) is 20.2 Å². The van der Waals surface area contributed by atoms with E-state index in [4.69, 9.17) is 0 Å². The zero-order chi connectivity index (χ0) is 14.5. The van der Waals surface area contributed by atoms with Gasteiger partial charge < -0.3 is 10.6 Å². The van der Waals surface area contributed by atoms with Crippen molar-refractivity contribution in [3.63, 3.8) is 0 Å². The maximum absolute atomic E-state index is 13.3. The van der Waals surface area contributed by atoms with Crippen molar-refractivity contribution in [2.24, 2.45) is 0 Å². The molecule has 0 aliphatic rings. The second kappa shape index (κ2) is 6.14. The summed E-state index contributed by atoms with van der Waals surface area (Å²) in [6, 6.07) is 10.5. The van der Waals surface area contributed by atoms with Gasteiger partial charge in [0.1, 0.15) is 11.6 Å².